The van der Waals surface area contributed by atoms with Crippen LogP contribution in [0.4, 0.5) is 4.39 Å². The molecule has 0 aromatic heterocycles. The van der Waals surface area contributed by atoms with Crippen molar-refractivity contribution in [3.8, 4) is 0 Å². The van der Waals surface area contributed by atoms with Gasteiger partial charge >= 0.3 is 0 Å². The molecule has 1 heterocycles. The van der Waals surface area contributed by atoms with Gasteiger partial charge in [-0.15, -0.1) is 0 Å². The first kappa shape index (κ1) is 11.8. The summed E-state index contributed by atoms with van der Waals surface area (Å²) < 4.78 is 13.5. The smallest absolute Gasteiger partial charge is 0.261 e. The fourth-order valence-electron chi connectivity index (χ4n) is 2.46. The zero-order chi connectivity index (χ0) is 12.9. The summed E-state index contributed by atoms with van der Waals surface area (Å²) in [4.78, 5) is 25.1. The zero-order valence-electron chi connectivity index (χ0n) is 9.48. The lowest BCUT2D eigenvalue weighted by atomic mass is 9.82. The molecule has 0 radical (unpaired) electrons. The maximum atomic E-state index is 13.5. The number of alkyl halides is 2. The second-order valence-corrected chi connectivity index (χ2v) is 5.90. The predicted octanol–water partition coefficient (Wildman–Crippen LogP) is 2.40. The lowest BCUT2D eigenvalue weighted by molar-refractivity contribution is 0.0500. The van der Waals surface area contributed by atoms with Crippen molar-refractivity contribution in [2.24, 2.45) is 5.92 Å². The number of benzene rings is 1. The van der Waals surface area contributed by atoms with Gasteiger partial charge in [0.15, 0.2) is 0 Å². The molecule has 1 aliphatic heterocycles. The third-order valence-electron chi connectivity index (χ3n) is 3.62. The summed E-state index contributed by atoms with van der Waals surface area (Å²) in [5.41, 5.74) is 0.847. The number of fused-ring (bicyclic) bond motifs is 1. The van der Waals surface area contributed by atoms with E-state index in [4.69, 9.17) is 0 Å². The molecule has 0 saturated heterocycles. The summed E-state index contributed by atoms with van der Waals surface area (Å²) in [7, 11) is 0. The summed E-state index contributed by atoms with van der Waals surface area (Å²) >= 11 is 3.21. The summed E-state index contributed by atoms with van der Waals surface area (Å²) in [6.45, 7) is 0.176. The largest absolute Gasteiger partial charge is 0.274 e. The predicted molar refractivity (Wildman–Crippen MR) is 67.5 cm³/mol. The lowest BCUT2D eigenvalue weighted by Gasteiger charge is -2.37. The first-order valence-electron chi connectivity index (χ1n) is 5.83. The Balaban J connectivity index is 1.80. The molecule has 2 aliphatic rings. The molecule has 94 valence electrons. The van der Waals surface area contributed by atoms with Crippen molar-refractivity contribution in [3.05, 3.63) is 35.4 Å². The number of amides is 2. The SMILES string of the molecule is O=C1c2ccccc2C(=O)N1CC1C[C@@H](Br)C1F. The number of hydrogen-bond donors (Lipinski definition) is 0. The molecule has 2 amide bonds. The molecule has 3 nitrogen and oxygen atoms in total. The van der Waals surface area contributed by atoms with Gasteiger partial charge in [-0.3, -0.25) is 14.5 Å². The van der Waals surface area contributed by atoms with Gasteiger partial charge in [0.1, 0.15) is 6.17 Å². The third-order valence-corrected chi connectivity index (χ3v) is 4.50. The van der Waals surface area contributed by atoms with E-state index in [1.165, 1.54) is 4.90 Å². The van der Waals surface area contributed by atoms with Crippen molar-refractivity contribution in [2.75, 3.05) is 6.54 Å². The molecular formula is C13H11BrFNO2. The maximum absolute atomic E-state index is 13.5. The fourth-order valence-corrected chi connectivity index (χ4v) is 3.38. The van der Waals surface area contributed by atoms with Crippen LogP contribution in [0, 0.1) is 5.92 Å². The van der Waals surface area contributed by atoms with E-state index in [1.807, 2.05) is 0 Å². The Morgan fingerprint density at radius 2 is 1.78 bits per heavy atom. The summed E-state index contributed by atoms with van der Waals surface area (Å²) in [5.74, 6) is -0.849. The second kappa shape index (κ2) is 4.16. The molecule has 0 spiro atoms. The molecule has 3 atom stereocenters. The zero-order valence-corrected chi connectivity index (χ0v) is 11.1. The van der Waals surface area contributed by atoms with E-state index in [-0.39, 0.29) is 29.1 Å². The molecule has 1 saturated carbocycles. The van der Waals surface area contributed by atoms with Gasteiger partial charge in [-0.05, 0) is 18.6 Å². The molecule has 1 fully saturated rings. The average Bonchev–Trinajstić information content (AvgIpc) is 2.63. The number of hydrogen-bond acceptors (Lipinski definition) is 2. The van der Waals surface area contributed by atoms with Crippen LogP contribution in [0.3, 0.4) is 0 Å². The van der Waals surface area contributed by atoms with Crippen molar-refractivity contribution in [1.29, 1.82) is 0 Å². The molecular weight excluding hydrogens is 301 g/mol. The van der Waals surface area contributed by atoms with E-state index < -0.39 is 6.17 Å². The number of carbonyl (C=O) groups excluding carboxylic acids is 2. The quantitative estimate of drug-likeness (QED) is 0.621. The molecule has 1 aliphatic carbocycles. The monoisotopic (exact) mass is 311 g/mol. The van der Waals surface area contributed by atoms with Crippen molar-refractivity contribution in [3.63, 3.8) is 0 Å². The van der Waals surface area contributed by atoms with Gasteiger partial charge in [0.05, 0.1) is 11.1 Å². The highest BCUT2D eigenvalue weighted by Crippen LogP contribution is 2.38. The minimum absolute atomic E-state index is 0.141. The Morgan fingerprint density at radius 1 is 1.22 bits per heavy atom. The molecule has 5 heteroatoms. The third kappa shape index (κ3) is 1.61. The van der Waals surface area contributed by atoms with Gasteiger partial charge in [0.25, 0.3) is 11.8 Å². The van der Waals surface area contributed by atoms with Crippen LogP contribution in [0.1, 0.15) is 27.1 Å². The van der Waals surface area contributed by atoms with Crippen molar-refractivity contribution in [2.45, 2.75) is 17.4 Å². The minimum Gasteiger partial charge on any atom is -0.274 e. The van der Waals surface area contributed by atoms with Crippen LogP contribution < -0.4 is 0 Å². The van der Waals surface area contributed by atoms with E-state index in [2.05, 4.69) is 15.9 Å². The molecule has 2 unspecified atom stereocenters. The van der Waals surface area contributed by atoms with Gasteiger partial charge in [-0.2, -0.15) is 0 Å². The number of halogens is 2. The fraction of sp³-hybridized carbons (Fsp3) is 0.385. The topological polar surface area (TPSA) is 37.4 Å². The summed E-state index contributed by atoms with van der Waals surface area (Å²) in [5, 5.41) is 0. The van der Waals surface area contributed by atoms with Gasteiger partial charge in [0, 0.05) is 17.3 Å². The Kier molecular flexibility index (Phi) is 2.73. The Bertz CT molecular complexity index is 498. The molecule has 0 N–H and O–H groups in total. The van der Waals surface area contributed by atoms with Crippen molar-refractivity contribution < 1.29 is 14.0 Å². The van der Waals surface area contributed by atoms with E-state index in [0.29, 0.717) is 17.5 Å². The maximum Gasteiger partial charge on any atom is 0.261 e. The molecule has 18 heavy (non-hydrogen) atoms. The van der Waals surface area contributed by atoms with Crippen LogP contribution in [-0.4, -0.2) is 34.3 Å². The van der Waals surface area contributed by atoms with Crippen molar-refractivity contribution in [1.82, 2.24) is 4.90 Å². The van der Waals surface area contributed by atoms with Crippen LogP contribution in [0.2, 0.25) is 0 Å². The minimum atomic E-state index is -0.977. The molecule has 1 aromatic rings. The van der Waals surface area contributed by atoms with E-state index in [9.17, 15) is 14.0 Å². The standard InChI is InChI=1S/C13H11BrFNO2/c14-10-5-7(11(10)15)6-16-12(17)8-3-1-2-4-9(8)13(16)18/h1-4,7,10-11H,5-6H2/t7?,10-,11?/m1/s1. The number of carbonyl (C=O) groups is 2. The highest BCUT2D eigenvalue weighted by molar-refractivity contribution is 9.09. The van der Waals surface area contributed by atoms with Gasteiger partial charge in [0.2, 0.25) is 0 Å². The average molecular weight is 312 g/mol. The highest BCUT2D eigenvalue weighted by atomic mass is 79.9. The number of rotatable bonds is 2. The summed E-state index contributed by atoms with van der Waals surface area (Å²) in [6, 6.07) is 6.72. The van der Waals surface area contributed by atoms with Gasteiger partial charge in [-0.1, -0.05) is 28.1 Å². The van der Waals surface area contributed by atoms with Crippen LogP contribution in [0.25, 0.3) is 0 Å². The van der Waals surface area contributed by atoms with Crippen LogP contribution >= 0.6 is 15.9 Å². The van der Waals surface area contributed by atoms with Crippen LogP contribution in [0.5, 0.6) is 0 Å². The first-order chi connectivity index (χ1) is 8.59. The highest BCUT2D eigenvalue weighted by Gasteiger charge is 2.44. The molecule has 3 rings (SSSR count). The van der Waals surface area contributed by atoms with Crippen LogP contribution in [0.15, 0.2) is 24.3 Å². The van der Waals surface area contributed by atoms with Crippen LogP contribution in [-0.2, 0) is 0 Å². The lowest BCUT2D eigenvalue weighted by Crippen LogP contribution is -2.47. The second-order valence-electron chi connectivity index (χ2n) is 4.72. The van der Waals surface area contributed by atoms with E-state index >= 15 is 0 Å². The van der Waals surface area contributed by atoms with E-state index in [1.54, 1.807) is 24.3 Å². The molecule has 1 aromatic carbocycles. The molecule has 0 bridgehead atoms. The van der Waals surface area contributed by atoms with E-state index in [0.717, 1.165) is 0 Å². The first-order valence-corrected chi connectivity index (χ1v) is 6.74. The Morgan fingerprint density at radius 3 is 2.22 bits per heavy atom. The Labute approximate surface area is 112 Å². The van der Waals surface area contributed by atoms with Gasteiger partial charge < -0.3 is 0 Å². The summed E-state index contributed by atoms with van der Waals surface area (Å²) in [6.07, 6.45) is -0.316. The van der Waals surface area contributed by atoms with Gasteiger partial charge in [-0.25, -0.2) is 4.39 Å². The van der Waals surface area contributed by atoms with Crippen molar-refractivity contribution >= 4 is 27.7 Å². The number of nitrogens with zero attached hydrogens (tertiary/aromatic N) is 1. The Hall–Kier alpha value is -1.23. The number of imide groups is 1. The normalized spacial score (nSPS) is 30.3.